The van der Waals surface area contributed by atoms with E-state index in [0.717, 1.165) is 30.7 Å². The standard InChI is InChI=1S/C12H17BrN2.ClH/c1-10-8-14-6-7-15(10)9-11-2-4-12(13)5-3-11;/h2-5,10,14H,6-9H2,1H3;1H/t10-;/m1./s1. The molecule has 0 saturated carbocycles. The lowest BCUT2D eigenvalue weighted by atomic mass is 10.1. The van der Waals surface area contributed by atoms with Gasteiger partial charge in [0.15, 0.2) is 0 Å². The van der Waals surface area contributed by atoms with E-state index < -0.39 is 0 Å². The molecule has 4 heteroatoms. The summed E-state index contributed by atoms with van der Waals surface area (Å²) in [6.45, 7) is 6.72. The number of piperazine rings is 1. The quantitative estimate of drug-likeness (QED) is 0.904. The van der Waals surface area contributed by atoms with Gasteiger partial charge in [-0.15, -0.1) is 12.4 Å². The van der Waals surface area contributed by atoms with Crippen molar-refractivity contribution in [3.8, 4) is 0 Å². The molecule has 1 aromatic rings. The fourth-order valence-electron chi connectivity index (χ4n) is 1.94. The summed E-state index contributed by atoms with van der Waals surface area (Å²) >= 11 is 3.46. The number of rotatable bonds is 2. The summed E-state index contributed by atoms with van der Waals surface area (Å²) in [6, 6.07) is 9.25. The highest BCUT2D eigenvalue weighted by Gasteiger charge is 2.17. The Morgan fingerprint density at radius 2 is 2.06 bits per heavy atom. The largest absolute Gasteiger partial charge is 0.314 e. The molecule has 16 heavy (non-hydrogen) atoms. The Balaban J connectivity index is 0.00000128. The Morgan fingerprint density at radius 3 is 2.69 bits per heavy atom. The molecule has 1 aliphatic heterocycles. The summed E-state index contributed by atoms with van der Waals surface area (Å²) < 4.78 is 1.15. The first-order valence-corrected chi connectivity index (χ1v) is 6.24. The summed E-state index contributed by atoms with van der Waals surface area (Å²) in [6.07, 6.45) is 0. The van der Waals surface area contributed by atoms with Crippen molar-refractivity contribution in [2.75, 3.05) is 19.6 Å². The van der Waals surface area contributed by atoms with E-state index in [-0.39, 0.29) is 12.4 Å². The molecule has 0 bridgehead atoms. The van der Waals surface area contributed by atoms with Crippen LogP contribution in [0.1, 0.15) is 12.5 Å². The number of halogens is 2. The van der Waals surface area contributed by atoms with Gasteiger partial charge >= 0.3 is 0 Å². The van der Waals surface area contributed by atoms with Crippen LogP contribution >= 0.6 is 28.3 Å². The average Bonchev–Trinajstić information content (AvgIpc) is 2.25. The normalized spacial score (nSPS) is 21.5. The van der Waals surface area contributed by atoms with Crippen LogP contribution in [0.3, 0.4) is 0 Å². The monoisotopic (exact) mass is 304 g/mol. The van der Waals surface area contributed by atoms with Crippen molar-refractivity contribution in [1.82, 2.24) is 10.2 Å². The van der Waals surface area contributed by atoms with Crippen molar-refractivity contribution in [1.29, 1.82) is 0 Å². The maximum Gasteiger partial charge on any atom is 0.0237 e. The van der Waals surface area contributed by atoms with Crippen molar-refractivity contribution in [2.45, 2.75) is 19.5 Å². The van der Waals surface area contributed by atoms with Crippen LogP contribution in [-0.4, -0.2) is 30.6 Å². The van der Waals surface area contributed by atoms with Gasteiger partial charge < -0.3 is 5.32 Å². The molecule has 1 aromatic carbocycles. The molecule has 0 amide bonds. The topological polar surface area (TPSA) is 15.3 Å². The van der Waals surface area contributed by atoms with Crippen LogP contribution in [0.2, 0.25) is 0 Å². The Morgan fingerprint density at radius 1 is 1.38 bits per heavy atom. The van der Waals surface area contributed by atoms with Gasteiger partial charge in [-0.2, -0.15) is 0 Å². The minimum absolute atomic E-state index is 0. The number of nitrogens with one attached hydrogen (secondary N) is 1. The minimum atomic E-state index is 0. The van der Waals surface area contributed by atoms with E-state index in [1.165, 1.54) is 5.56 Å². The second kappa shape index (κ2) is 6.60. The lowest BCUT2D eigenvalue weighted by Crippen LogP contribution is -2.49. The molecule has 0 unspecified atom stereocenters. The van der Waals surface area contributed by atoms with Crippen LogP contribution in [0.25, 0.3) is 0 Å². The van der Waals surface area contributed by atoms with Crippen LogP contribution in [-0.2, 0) is 6.54 Å². The lowest BCUT2D eigenvalue weighted by molar-refractivity contribution is 0.165. The first kappa shape index (κ1) is 14.0. The van der Waals surface area contributed by atoms with Crippen LogP contribution in [0.15, 0.2) is 28.7 Å². The molecule has 2 nitrogen and oxygen atoms in total. The fourth-order valence-corrected chi connectivity index (χ4v) is 2.21. The highest BCUT2D eigenvalue weighted by Crippen LogP contribution is 2.14. The van der Waals surface area contributed by atoms with E-state index in [1.807, 2.05) is 0 Å². The van der Waals surface area contributed by atoms with E-state index in [1.54, 1.807) is 0 Å². The van der Waals surface area contributed by atoms with Gasteiger partial charge in [0.05, 0.1) is 0 Å². The first-order chi connectivity index (χ1) is 7.25. The van der Waals surface area contributed by atoms with Crippen molar-refractivity contribution < 1.29 is 0 Å². The zero-order chi connectivity index (χ0) is 10.7. The number of nitrogens with zero attached hydrogens (tertiary/aromatic N) is 1. The predicted octanol–water partition coefficient (Wildman–Crippen LogP) is 2.66. The molecule has 1 heterocycles. The lowest BCUT2D eigenvalue weighted by Gasteiger charge is -2.33. The molecule has 0 radical (unpaired) electrons. The summed E-state index contributed by atoms with van der Waals surface area (Å²) in [7, 11) is 0. The van der Waals surface area contributed by atoms with Gasteiger partial charge in [-0.3, -0.25) is 4.90 Å². The van der Waals surface area contributed by atoms with Gasteiger partial charge in [0.25, 0.3) is 0 Å². The van der Waals surface area contributed by atoms with Gasteiger partial charge in [-0.1, -0.05) is 28.1 Å². The molecule has 1 N–H and O–H groups in total. The van der Waals surface area contributed by atoms with Crippen molar-refractivity contribution in [3.05, 3.63) is 34.3 Å². The van der Waals surface area contributed by atoms with E-state index in [4.69, 9.17) is 0 Å². The van der Waals surface area contributed by atoms with Gasteiger partial charge in [0.1, 0.15) is 0 Å². The van der Waals surface area contributed by atoms with Gasteiger partial charge in [0, 0.05) is 36.7 Å². The van der Waals surface area contributed by atoms with Crippen LogP contribution in [0.5, 0.6) is 0 Å². The Labute approximate surface area is 112 Å². The Kier molecular flexibility index (Phi) is 5.76. The second-order valence-electron chi connectivity index (χ2n) is 4.15. The third-order valence-corrected chi connectivity index (χ3v) is 3.47. The minimum Gasteiger partial charge on any atom is -0.314 e. The third-order valence-electron chi connectivity index (χ3n) is 2.94. The summed E-state index contributed by atoms with van der Waals surface area (Å²) in [5, 5.41) is 3.41. The molecule has 0 spiro atoms. The second-order valence-corrected chi connectivity index (χ2v) is 5.07. The summed E-state index contributed by atoms with van der Waals surface area (Å²) in [5.74, 6) is 0. The Hall–Kier alpha value is -0.0900. The van der Waals surface area contributed by atoms with Crippen LogP contribution < -0.4 is 5.32 Å². The van der Waals surface area contributed by atoms with Crippen LogP contribution in [0.4, 0.5) is 0 Å². The third kappa shape index (κ3) is 3.74. The number of hydrogen-bond donors (Lipinski definition) is 1. The van der Waals surface area contributed by atoms with E-state index in [2.05, 4.69) is 57.3 Å². The molecular formula is C12H18BrClN2. The van der Waals surface area contributed by atoms with Crippen LogP contribution in [0, 0.1) is 0 Å². The summed E-state index contributed by atoms with van der Waals surface area (Å²) in [5.41, 5.74) is 1.40. The van der Waals surface area contributed by atoms with Gasteiger partial charge in [-0.05, 0) is 24.6 Å². The smallest absolute Gasteiger partial charge is 0.0237 e. The number of benzene rings is 1. The molecule has 1 fully saturated rings. The molecule has 1 aliphatic rings. The zero-order valence-corrected chi connectivity index (χ0v) is 11.9. The predicted molar refractivity (Wildman–Crippen MR) is 74.1 cm³/mol. The number of hydrogen-bond acceptors (Lipinski definition) is 2. The molecule has 0 aliphatic carbocycles. The van der Waals surface area contributed by atoms with Gasteiger partial charge in [0.2, 0.25) is 0 Å². The molecule has 0 aromatic heterocycles. The molecule has 1 saturated heterocycles. The maximum atomic E-state index is 3.46. The SMILES string of the molecule is C[C@@H]1CNCCN1Cc1ccc(Br)cc1.Cl. The maximum absolute atomic E-state index is 3.46. The molecular weight excluding hydrogens is 288 g/mol. The molecule has 2 rings (SSSR count). The average molecular weight is 306 g/mol. The highest BCUT2D eigenvalue weighted by atomic mass is 79.9. The van der Waals surface area contributed by atoms with E-state index >= 15 is 0 Å². The highest BCUT2D eigenvalue weighted by molar-refractivity contribution is 9.10. The van der Waals surface area contributed by atoms with Gasteiger partial charge in [-0.25, -0.2) is 0 Å². The fraction of sp³-hybridized carbons (Fsp3) is 0.500. The van der Waals surface area contributed by atoms with Crippen molar-refractivity contribution in [2.24, 2.45) is 0 Å². The van der Waals surface area contributed by atoms with E-state index in [9.17, 15) is 0 Å². The Bertz CT molecular complexity index is 315. The molecule has 90 valence electrons. The molecule has 1 atom stereocenters. The summed E-state index contributed by atoms with van der Waals surface area (Å²) in [4.78, 5) is 2.53. The van der Waals surface area contributed by atoms with Crippen molar-refractivity contribution in [3.63, 3.8) is 0 Å². The van der Waals surface area contributed by atoms with E-state index in [0.29, 0.717) is 6.04 Å². The zero-order valence-electron chi connectivity index (χ0n) is 9.45. The van der Waals surface area contributed by atoms with Crippen molar-refractivity contribution >= 4 is 28.3 Å². The first-order valence-electron chi connectivity index (χ1n) is 5.45.